The SMILES string of the molecule is Cc1cccc(Cl)c1NC(=O)c1cnc(Nc2cccc(NCCCN3SN(C)c4ccccc43)n2)s1. The van der Waals surface area contributed by atoms with E-state index in [-0.39, 0.29) is 5.91 Å². The number of benzene rings is 2. The van der Waals surface area contributed by atoms with E-state index < -0.39 is 0 Å². The lowest BCUT2D eigenvalue weighted by molar-refractivity contribution is 0.103. The predicted molar refractivity (Wildman–Crippen MR) is 157 cm³/mol. The summed E-state index contributed by atoms with van der Waals surface area (Å²) in [7, 11) is 2.09. The number of carbonyl (C=O) groups excluding carboxylic acids is 1. The van der Waals surface area contributed by atoms with E-state index in [0.717, 1.165) is 30.9 Å². The molecule has 8 nitrogen and oxygen atoms in total. The van der Waals surface area contributed by atoms with Gasteiger partial charge in [0.05, 0.1) is 40.4 Å². The first-order valence-corrected chi connectivity index (χ1v) is 13.7. The molecule has 0 saturated heterocycles. The number of aryl methyl sites for hydroxylation is 1. The Morgan fingerprint density at radius 1 is 1.03 bits per heavy atom. The Balaban J connectivity index is 1.13. The Kier molecular flexibility index (Phi) is 7.68. The molecule has 2 aromatic carbocycles. The van der Waals surface area contributed by atoms with E-state index in [9.17, 15) is 4.79 Å². The number of para-hydroxylation sites is 3. The molecule has 0 fully saturated rings. The van der Waals surface area contributed by atoms with Crippen molar-refractivity contribution in [2.45, 2.75) is 13.3 Å². The number of rotatable bonds is 9. The lowest BCUT2D eigenvalue weighted by Crippen LogP contribution is -2.18. The molecule has 0 radical (unpaired) electrons. The first-order valence-electron chi connectivity index (χ1n) is 11.8. The number of anilines is 6. The van der Waals surface area contributed by atoms with Crippen molar-refractivity contribution in [3.63, 3.8) is 0 Å². The minimum atomic E-state index is -0.255. The monoisotopic (exact) mass is 551 g/mol. The van der Waals surface area contributed by atoms with Crippen LogP contribution in [0.3, 0.4) is 0 Å². The number of carbonyl (C=O) groups is 1. The molecule has 0 unspecified atom stereocenters. The number of hydrogen-bond acceptors (Lipinski definition) is 9. The van der Waals surface area contributed by atoms with Gasteiger partial charge in [-0.25, -0.2) is 9.97 Å². The van der Waals surface area contributed by atoms with Crippen molar-refractivity contribution < 1.29 is 4.79 Å². The van der Waals surface area contributed by atoms with E-state index >= 15 is 0 Å². The maximum absolute atomic E-state index is 12.7. The average Bonchev–Trinajstić information content (AvgIpc) is 3.49. The van der Waals surface area contributed by atoms with Gasteiger partial charge in [0.25, 0.3) is 5.91 Å². The highest BCUT2D eigenvalue weighted by Gasteiger charge is 2.23. The Morgan fingerprint density at radius 3 is 2.65 bits per heavy atom. The van der Waals surface area contributed by atoms with E-state index in [1.165, 1.54) is 22.7 Å². The van der Waals surface area contributed by atoms with Crippen LogP contribution in [-0.2, 0) is 0 Å². The molecule has 3 heterocycles. The molecule has 0 spiro atoms. The van der Waals surface area contributed by atoms with Crippen molar-refractivity contribution in [2.24, 2.45) is 0 Å². The lowest BCUT2D eigenvalue weighted by Gasteiger charge is -2.17. The van der Waals surface area contributed by atoms with Crippen LogP contribution < -0.4 is 24.6 Å². The van der Waals surface area contributed by atoms with Gasteiger partial charge in [-0.3, -0.25) is 13.4 Å². The van der Waals surface area contributed by atoms with Crippen LogP contribution in [0.2, 0.25) is 5.02 Å². The topological polar surface area (TPSA) is 85.4 Å². The van der Waals surface area contributed by atoms with E-state index in [1.54, 1.807) is 24.4 Å². The maximum Gasteiger partial charge on any atom is 0.267 e. The molecule has 1 aliphatic rings. The molecule has 4 aromatic rings. The normalized spacial score (nSPS) is 12.4. The van der Waals surface area contributed by atoms with Gasteiger partial charge in [-0.05, 0) is 49.2 Å². The predicted octanol–water partition coefficient (Wildman–Crippen LogP) is 6.82. The zero-order chi connectivity index (χ0) is 25.8. The van der Waals surface area contributed by atoms with Crippen LogP contribution in [0.25, 0.3) is 0 Å². The molecule has 1 aliphatic heterocycles. The average molecular weight is 552 g/mol. The van der Waals surface area contributed by atoms with Gasteiger partial charge in [-0.2, -0.15) is 0 Å². The summed E-state index contributed by atoms with van der Waals surface area (Å²) in [4.78, 5) is 22.1. The molecular weight excluding hydrogens is 526 g/mol. The number of thiazole rings is 1. The lowest BCUT2D eigenvalue weighted by atomic mass is 10.2. The molecule has 190 valence electrons. The van der Waals surface area contributed by atoms with E-state index in [1.807, 2.05) is 37.3 Å². The first kappa shape index (κ1) is 25.2. The number of nitrogens with one attached hydrogen (secondary N) is 3. The summed E-state index contributed by atoms with van der Waals surface area (Å²) in [5, 5.41) is 10.5. The van der Waals surface area contributed by atoms with Crippen LogP contribution in [-0.4, -0.2) is 36.0 Å². The minimum absolute atomic E-state index is 0.255. The molecule has 0 saturated carbocycles. The molecule has 1 amide bonds. The molecule has 3 N–H and O–H groups in total. The van der Waals surface area contributed by atoms with Gasteiger partial charge in [0.1, 0.15) is 16.5 Å². The van der Waals surface area contributed by atoms with E-state index in [0.29, 0.717) is 26.5 Å². The van der Waals surface area contributed by atoms with Gasteiger partial charge in [0.2, 0.25) is 0 Å². The fraction of sp³-hybridized carbons (Fsp3) is 0.192. The Hall–Kier alpha value is -3.47. The second-order valence-corrected chi connectivity index (χ2v) is 11.0. The van der Waals surface area contributed by atoms with Crippen molar-refractivity contribution in [2.75, 3.05) is 44.7 Å². The van der Waals surface area contributed by atoms with Crippen molar-refractivity contribution in [3.8, 4) is 0 Å². The van der Waals surface area contributed by atoms with Crippen LogP contribution in [0.15, 0.2) is 66.9 Å². The number of nitrogens with zero attached hydrogens (tertiary/aromatic N) is 4. The fourth-order valence-electron chi connectivity index (χ4n) is 3.89. The third kappa shape index (κ3) is 5.93. The molecule has 0 aliphatic carbocycles. The molecule has 2 aromatic heterocycles. The summed E-state index contributed by atoms with van der Waals surface area (Å²) in [5.74, 6) is 1.18. The van der Waals surface area contributed by atoms with Crippen LogP contribution in [0.4, 0.5) is 33.8 Å². The third-order valence-corrected chi connectivity index (χ3v) is 7.97. The highest BCUT2D eigenvalue weighted by Crippen LogP contribution is 2.43. The van der Waals surface area contributed by atoms with Gasteiger partial charge < -0.3 is 16.0 Å². The highest BCUT2D eigenvalue weighted by atomic mass is 35.5. The zero-order valence-electron chi connectivity index (χ0n) is 20.4. The second-order valence-electron chi connectivity index (χ2n) is 8.40. The number of pyridine rings is 1. The van der Waals surface area contributed by atoms with Gasteiger partial charge >= 0.3 is 0 Å². The molecule has 0 atom stereocenters. The van der Waals surface area contributed by atoms with Crippen LogP contribution in [0.1, 0.15) is 21.7 Å². The number of amides is 1. The van der Waals surface area contributed by atoms with Gasteiger partial charge in [0, 0.05) is 20.1 Å². The number of hydrogen-bond donors (Lipinski definition) is 3. The number of aromatic nitrogens is 2. The summed E-state index contributed by atoms with van der Waals surface area (Å²) in [6.45, 7) is 3.62. The molecular formula is C26H26ClN7OS2. The zero-order valence-corrected chi connectivity index (χ0v) is 22.8. The summed E-state index contributed by atoms with van der Waals surface area (Å²) in [6, 6.07) is 19.7. The molecule has 5 rings (SSSR count). The van der Waals surface area contributed by atoms with Gasteiger partial charge in [-0.15, -0.1) is 0 Å². The third-order valence-electron chi connectivity index (χ3n) is 5.73. The molecule has 37 heavy (non-hydrogen) atoms. The summed E-state index contributed by atoms with van der Waals surface area (Å²) >= 11 is 9.21. The quantitative estimate of drug-likeness (QED) is 0.154. The highest BCUT2D eigenvalue weighted by molar-refractivity contribution is 8.02. The van der Waals surface area contributed by atoms with Crippen molar-refractivity contribution in [3.05, 3.63) is 82.3 Å². The van der Waals surface area contributed by atoms with E-state index in [2.05, 4.69) is 65.8 Å². The van der Waals surface area contributed by atoms with Crippen LogP contribution >= 0.6 is 35.1 Å². The second kappa shape index (κ2) is 11.3. The van der Waals surface area contributed by atoms with Crippen LogP contribution in [0, 0.1) is 6.92 Å². The Bertz CT molecular complexity index is 1390. The minimum Gasteiger partial charge on any atom is -0.370 e. The fourth-order valence-corrected chi connectivity index (χ4v) is 5.87. The smallest absolute Gasteiger partial charge is 0.267 e. The standard InChI is InChI=1S/C26H26ClN7OS2/c1-17-8-5-9-18(27)24(17)32-25(35)21-16-29-26(36-21)31-23-13-6-12-22(30-23)28-14-7-15-34-20-11-4-3-10-19(20)33(2)37-34/h3-6,8-13,16H,7,14-15H2,1-2H3,(H,32,35)(H2,28,29,30,31). The molecule has 11 heteroatoms. The van der Waals surface area contributed by atoms with E-state index in [4.69, 9.17) is 11.6 Å². The molecule has 0 bridgehead atoms. The van der Waals surface area contributed by atoms with Crippen molar-refractivity contribution in [1.82, 2.24) is 9.97 Å². The van der Waals surface area contributed by atoms with Crippen molar-refractivity contribution >= 4 is 74.8 Å². The summed E-state index contributed by atoms with van der Waals surface area (Å²) < 4.78 is 4.50. The van der Waals surface area contributed by atoms with Gasteiger partial charge in [-0.1, -0.05) is 53.3 Å². The largest absolute Gasteiger partial charge is 0.370 e. The summed E-state index contributed by atoms with van der Waals surface area (Å²) in [6.07, 6.45) is 2.51. The maximum atomic E-state index is 12.7. The summed E-state index contributed by atoms with van der Waals surface area (Å²) in [5.41, 5.74) is 3.99. The van der Waals surface area contributed by atoms with Gasteiger partial charge in [0.15, 0.2) is 5.13 Å². The Morgan fingerprint density at radius 2 is 1.81 bits per heavy atom. The van der Waals surface area contributed by atoms with Crippen molar-refractivity contribution in [1.29, 1.82) is 0 Å². The number of fused-ring (bicyclic) bond motifs is 1. The number of halogens is 1. The Labute approximate surface area is 229 Å². The first-order chi connectivity index (χ1) is 18.0. The van der Waals surface area contributed by atoms with Crippen LogP contribution in [0.5, 0.6) is 0 Å².